The van der Waals surface area contributed by atoms with E-state index < -0.39 is 0 Å². The first-order valence-electron chi connectivity index (χ1n) is 11.0. The average Bonchev–Trinajstić information content (AvgIpc) is 3.36. The second-order valence-electron chi connectivity index (χ2n) is 8.39. The highest BCUT2D eigenvalue weighted by Gasteiger charge is 2.19. The van der Waals surface area contributed by atoms with Crippen LogP contribution in [0.2, 0.25) is 0 Å². The highest BCUT2D eigenvalue weighted by Crippen LogP contribution is 2.23. The van der Waals surface area contributed by atoms with Crippen molar-refractivity contribution < 1.29 is 4.79 Å². The zero-order valence-electron chi connectivity index (χ0n) is 17.7. The Morgan fingerprint density at radius 1 is 1.07 bits per heavy atom. The molecule has 2 aromatic heterocycles. The fraction of sp³-hybridized carbons (Fsp3) is 0.636. The van der Waals surface area contributed by atoms with Gasteiger partial charge in [-0.1, -0.05) is 19.3 Å². The van der Waals surface area contributed by atoms with Gasteiger partial charge < -0.3 is 10.2 Å². The molecule has 1 saturated carbocycles. The minimum Gasteiger partial charge on any atom is -0.356 e. The summed E-state index contributed by atoms with van der Waals surface area (Å²) in [6.07, 6.45) is 11.3. The molecule has 3 heterocycles. The average molecular weight is 397 g/mol. The summed E-state index contributed by atoms with van der Waals surface area (Å²) in [4.78, 5) is 23.6. The van der Waals surface area contributed by atoms with Gasteiger partial charge in [0, 0.05) is 37.3 Å². The Balaban J connectivity index is 1.44. The van der Waals surface area contributed by atoms with Crippen LogP contribution < -0.4 is 10.2 Å². The van der Waals surface area contributed by atoms with Crippen molar-refractivity contribution in [3.8, 4) is 5.82 Å². The Labute approximate surface area is 172 Å². The summed E-state index contributed by atoms with van der Waals surface area (Å²) >= 11 is 0. The van der Waals surface area contributed by atoms with E-state index in [4.69, 9.17) is 5.10 Å². The number of anilines is 1. The van der Waals surface area contributed by atoms with E-state index in [1.807, 2.05) is 17.7 Å². The quantitative estimate of drug-likeness (QED) is 0.811. The standard InChI is InChI=1S/C22H32N6O/c1-16-19(10-11-22(29)25-18-8-4-3-5-9-18)17(2)28(26-16)21-14-20(23-15-24-21)27-12-6-7-13-27/h14-15,18H,3-13H2,1-2H3,(H,25,29). The highest BCUT2D eigenvalue weighted by molar-refractivity contribution is 5.76. The predicted molar refractivity (Wildman–Crippen MR) is 113 cm³/mol. The SMILES string of the molecule is Cc1nn(-c2cc(N3CCCC3)ncn2)c(C)c1CCC(=O)NC1CCCCC1. The van der Waals surface area contributed by atoms with E-state index in [1.54, 1.807) is 6.33 Å². The molecule has 1 saturated heterocycles. The molecule has 4 rings (SSSR count). The summed E-state index contributed by atoms with van der Waals surface area (Å²) in [7, 11) is 0. The summed E-state index contributed by atoms with van der Waals surface area (Å²) in [5, 5.41) is 7.93. The molecular formula is C22H32N6O. The lowest BCUT2D eigenvalue weighted by Gasteiger charge is -2.22. The minimum atomic E-state index is 0.154. The summed E-state index contributed by atoms with van der Waals surface area (Å²) in [6.45, 7) is 6.18. The van der Waals surface area contributed by atoms with Gasteiger partial charge in [-0.3, -0.25) is 4.79 Å². The maximum Gasteiger partial charge on any atom is 0.220 e. The van der Waals surface area contributed by atoms with E-state index in [2.05, 4.69) is 27.1 Å². The van der Waals surface area contributed by atoms with E-state index in [0.717, 1.165) is 54.5 Å². The molecule has 29 heavy (non-hydrogen) atoms. The number of carbonyl (C=O) groups is 1. The maximum absolute atomic E-state index is 12.4. The maximum atomic E-state index is 12.4. The molecule has 2 aliphatic rings. The fourth-order valence-corrected chi connectivity index (χ4v) is 4.62. The molecule has 0 spiro atoms. The van der Waals surface area contributed by atoms with Crippen LogP contribution in [0, 0.1) is 13.8 Å². The van der Waals surface area contributed by atoms with Crippen molar-refractivity contribution in [2.24, 2.45) is 0 Å². The Kier molecular flexibility index (Phi) is 6.11. The summed E-state index contributed by atoms with van der Waals surface area (Å²) in [6, 6.07) is 2.39. The molecule has 1 N–H and O–H groups in total. The minimum absolute atomic E-state index is 0.154. The van der Waals surface area contributed by atoms with Gasteiger partial charge in [-0.05, 0) is 51.5 Å². The van der Waals surface area contributed by atoms with Gasteiger partial charge in [-0.15, -0.1) is 0 Å². The van der Waals surface area contributed by atoms with E-state index >= 15 is 0 Å². The third-order valence-corrected chi connectivity index (χ3v) is 6.30. The monoisotopic (exact) mass is 396 g/mol. The number of aryl methyl sites for hydroxylation is 1. The van der Waals surface area contributed by atoms with Gasteiger partial charge in [0.2, 0.25) is 5.91 Å². The Morgan fingerprint density at radius 2 is 1.79 bits per heavy atom. The van der Waals surface area contributed by atoms with Crippen LogP contribution >= 0.6 is 0 Å². The number of hydrogen-bond acceptors (Lipinski definition) is 5. The van der Waals surface area contributed by atoms with Crippen LogP contribution in [0.1, 0.15) is 68.3 Å². The molecule has 2 fully saturated rings. The van der Waals surface area contributed by atoms with Crippen molar-refractivity contribution in [3.63, 3.8) is 0 Å². The van der Waals surface area contributed by atoms with Gasteiger partial charge >= 0.3 is 0 Å². The lowest BCUT2D eigenvalue weighted by molar-refractivity contribution is -0.121. The Bertz CT molecular complexity index is 849. The molecule has 0 radical (unpaired) electrons. The van der Waals surface area contributed by atoms with Crippen LogP contribution in [-0.4, -0.2) is 44.8 Å². The molecule has 7 nitrogen and oxygen atoms in total. The molecule has 1 aliphatic heterocycles. The van der Waals surface area contributed by atoms with Crippen LogP contribution in [0.4, 0.5) is 5.82 Å². The first kappa shape index (κ1) is 19.9. The molecule has 0 aromatic carbocycles. The lowest BCUT2D eigenvalue weighted by Crippen LogP contribution is -2.36. The molecule has 0 bridgehead atoms. The molecule has 1 aliphatic carbocycles. The van der Waals surface area contributed by atoms with Crippen molar-refractivity contribution in [3.05, 3.63) is 29.3 Å². The normalized spacial score (nSPS) is 17.7. The number of aromatic nitrogens is 4. The van der Waals surface area contributed by atoms with Gasteiger partial charge in [0.25, 0.3) is 0 Å². The van der Waals surface area contributed by atoms with Gasteiger partial charge in [-0.2, -0.15) is 5.10 Å². The second-order valence-corrected chi connectivity index (χ2v) is 8.39. The molecule has 7 heteroatoms. The zero-order valence-corrected chi connectivity index (χ0v) is 17.7. The van der Waals surface area contributed by atoms with Crippen molar-refractivity contribution >= 4 is 11.7 Å². The van der Waals surface area contributed by atoms with Crippen LogP contribution in [0.5, 0.6) is 0 Å². The van der Waals surface area contributed by atoms with Crippen molar-refractivity contribution in [2.75, 3.05) is 18.0 Å². The van der Waals surface area contributed by atoms with E-state index in [9.17, 15) is 4.79 Å². The first-order valence-corrected chi connectivity index (χ1v) is 11.0. The van der Waals surface area contributed by atoms with Gasteiger partial charge in [0.15, 0.2) is 5.82 Å². The molecule has 1 amide bonds. The number of nitrogens with one attached hydrogen (secondary N) is 1. The third kappa shape index (κ3) is 4.60. The van der Waals surface area contributed by atoms with Crippen LogP contribution in [0.3, 0.4) is 0 Å². The molecule has 0 atom stereocenters. The van der Waals surface area contributed by atoms with E-state index in [1.165, 1.54) is 32.1 Å². The molecule has 156 valence electrons. The number of amides is 1. The van der Waals surface area contributed by atoms with Crippen molar-refractivity contribution in [1.82, 2.24) is 25.1 Å². The lowest BCUT2D eigenvalue weighted by atomic mass is 9.95. The van der Waals surface area contributed by atoms with Crippen molar-refractivity contribution in [2.45, 2.75) is 77.7 Å². The molecule has 2 aromatic rings. The summed E-state index contributed by atoms with van der Waals surface area (Å²) in [5.41, 5.74) is 3.17. The predicted octanol–water partition coefficient (Wildman–Crippen LogP) is 3.26. The smallest absolute Gasteiger partial charge is 0.220 e. The molecular weight excluding hydrogens is 364 g/mol. The largest absolute Gasteiger partial charge is 0.356 e. The highest BCUT2D eigenvalue weighted by atomic mass is 16.1. The molecule has 0 unspecified atom stereocenters. The van der Waals surface area contributed by atoms with Gasteiger partial charge in [-0.25, -0.2) is 14.6 Å². The van der Waals surface area contributed by atoms with Crippen LogP contribution in [0.25, 0.3) is 5.82 Å². The fourth-order valence-electron chi connectivity index (χ4n) is 4.62. The number of carbonyl (C=O) groups excluding carboxylic acids is 1. The van der Waals surface area contributed by atoms with Crippen LogP contribution in [-0.2, 0) is 11.2 Å². The third-order valence-electron chi connectivity index (χ3n) is 6.30. The number of nitrogens with zero attached hydrogens (tertiary/aromatic N) is 5. The Hall–Kier alpha value is -2.44. The summed E-state index contributed by atoms with van der Waals surface area (Å²) in [5.74, 6) is 1.91. The number of hydrogen-bond donors (Lipinski definition) is 1. The van der Waals surface area contributed by atoms with E-state index in [0.29, 0.717) is 18.9 Å². The van der Waals surface area contributed by atoms with Gasteiger partial charge in [0.1, 0.15) is 12.1 Å². The summed E-state index contributed by atoms with van der Waals surface area (Å²) < 4.78 is 1.89. The Morgan fingerprint density at radius 3 is 2.55 bits per heavy atom. The topological polar surface area (TPSA) is 75.9 Å². The zero-order chi connectivity index (χ0) is 20.2. The second kappa shape index (κ2) is 8.93. The van der Waals surface area contributed by atoms with Gasteiger partial charge in [0.05, 0.1) is 5.69 Å². The van der Waals surface area contributed by atoms with Crippen LogP contribution in [0.15, 0.2) is 12.4 Å². The van der Waals surface area contributed by atoms with E-state index in [-0.39, 0.29) is 5.91 Å². The van der Waals surface area contributed by atoms with Crippen molar-refractivity contribution in [1.29, 1.82) is 0 Å². The number of rotatable bonds is 6. The first-order chi connectivity index (χ1) is 14.1.